The van der Waals surface area contributed by atoms with E-state index < -0.39 is 17.8 Å². The number of esters is 1. The molecule has 1 aliphatic carbocycles. The molecule has 1 heterocycles. The van der Waals surface area contributed by atoms with Crippen molar-refractivity contribution in [3.05, 3.63) is 64.1 Å². The second kappa shape index (κ2) is 7.39. The van der Waals surface area contributed by atoms with E-state index in [2.05, 4.69) is 15.9 Å². The Hall–Kier alpha value is -2.27. The van der Waals surface area contributed by atoms with Gasteiger partial charge < -0.3 is 4.74 Å². The van der Waals surface area contributed by atoms with Gasteiger partial charge in [0.05, 0.1) is 0 Å². The van der Waals surface area contributed by atoms with E-state index in [1.165, 1.54) is 0 Å². The van der Waals surface area contributed by atoms with E-state index in [1.54, 1.807) is 36.4 Å². The first kappa shape index (κ1) is 18.1. The highest BCUT2D eigenvalue weighted by Crippen LogP contribution is 2.47. The third-order valence-corrected chi connectivity index (χ3v) is 6.02. The van der Waals surface area contributed by atoms with Gasteiger partial charge in [-0.1, -0.05) is 52.7 Å². The van der Waals surface area contributed by atoms with E-state index in [1.807, 2.05) is 12.1 Å². The summed E-state index contributed by atoms with van der Waals surface area (Å²) in [6.07, 6.45) is 3.00. The van der Waals surface area contributed by atoms with Crippen LogP contribution in [0.4, 0.5) is 0 Å². The summed E-state index contributed by atoms with van der Waals surface area (Å²) in [6.45, 7) is 0. The quantitative estimate of drug-likeness (QED) is 0.308. The van der Waals surface area contributed by atoms with E-state index in [-0.39, 0.29) is 17.5 Å². The maximum Gasteiger partial charge on any atom is 0.322 e. The first-order valence-corrected chi connectivity index (χ1v) is 9.98. The fourth-order valence-corrected chi connectivity index (χ4v) is 4.64. The van der Waals surface area contributed by atoms with E-state index >= 15 is 0 Å². The van der Waals surface area contributed by atoms with Gasteiger partial charge in [0, 0.05) is 33.9 Å². The number of carbonyl (C=O) groups excluding carboxylic acids is 3. The molecule has 1 aliphatic heterocycles. The number of benzene rings is 2. The Labute approximate surface area is 166 Å². The molecule has 1 saturated carbocycles. The van der Waals surface area contributed by atoms with Crippen LogP contribution in [0, 0.1) is 11.8 Å². The molecule has 1 fully saturated rings. The summed E-state index contributed by atoms with van der Waals surface area (Å²) in [5, 5.41) is 0. The van der Waals surface area contributed by atoms with Crippen molar-refractivity contribution in [3.63, 3.8) is 0 Å². The zero-order valence-corrected chi connectivity index (χ0v) is 16.3. The summed E-state index contributed by atoms with van der Waals surface area (Å²) in [5.74, 6) is -2.09. The molecule has 4 nitrogen and oxygen atoms in total. The molecule has 3 atom stereocenters. The van der Waals surface area contributed by atoms with Crippen molar-refractivity contribution in [1.82, 2.24) is 0 Å². The SMILES string of the molecule is O=C1Oc2ccc(Br)cc2[C@@H]([C@@H]2CCCCC2=O)[C@@H]1C(=O)c1ccccc1. The second-order valence-electron chi connectivity index (χ2n) is 7.16. The van der Waals surface area contributed by atoms with Gasteiger partial charge in [-0.05, 0) is 31.0 Å². The molecule has 0 spiro atoms. The Morgan fingerprint density at radius 2 is 1.81 bits per heavy atom. The number of Topliss-reactive ketones (excluding diaryl/α,β-unsaturated/α-hetero) is 2. The molecule has 2 aromatic carbocycles. The van der Waals surface area contributed by atoms with Crippen LogP contribution in [0.5, 0.6) is 5.75 Å². The van der Waals surface area contributed by atoms with Crippen LogP contribution in [0.3, 0.4) is 0 Å². The number of rotatable bonds is 3. The van der Waals surface area contributed by atoms with Crippen LogP contribution in [0.2, 0.25) is 0 Å². The molecule has 0 radical (unpaired) electrons. The van der Waals surface area contributed by atoms with Crippen LogP contribution >= 0.6 is 15.9 Å². The molecule has 138 valence electrons. The molecule has 0 bridgehead atoms. The summed E-state index contributed by atoms with van der Waals surface area (Å²) in [6, 6.07) is 14.2. The summed E-state index contributed by atoms with van der Waals surface area (Å²) >= 11 is 3.46. The highest BCUT2D eigenvalue weighted by atomic mass is 79.9. The maximum atomic E-state index is 13.2. The minimum atomic E-state index is -0.999. The molecule has 0 N–H and O–H groups in total. The van der Waals surface area contributed by atoms with Gasteiger partial charge in [-0.3, -0.25) is 14.4 Å². The van der Waals surface area contributed by atoms with Gasteiger partial charge in [-0.2, -0.15) is 0 Å². The third kappa shape index (κ3) is 3.36. The van der Waals surface area contributed by atoms with Crippen LogP contribution in [0.25, 0.3) is 0 Å². The lowest BCUT2D eigenvalue weighted by Gasteiger charge is -2.37. The van der Waals surface area contributed by atoms with E-state index in [4.69, 9.17) is 4.74 Å². The summed E-state index contributed by atoms with van der Waals surface area (Å²) in [5.41, 5.74) is 1.23. The first-order chi connectivity index (χ1) is 13.1. The Bertz CT molecular complexity index is 906. The number of carbonyl (C=O) groups is 3. The Morgan fingerprint density at radius 3 is 2.56 bits per heavy atom. The van der Waals surface area contributed by atoms with Crippen LogP contribution in [0.1, 0.15) is 47.5 Å². The van der Waals surface area contributed by atoms with Crippen molar-refractivity contribution in [3.8, 4) is 5.75 Å². The zero-order valence-electron chi connectivity index (χ0n) is 14.7. The maximum absolute atomic E-state index is 13.2. The number of hydrogen-bond donors (Lipinski definition) is 0. The molecule has 0 unspecified atom stereocenters. The first-order valence-electron chi connectivity index (χ1n) is 9.19. The minimum Gasteiger partial charge on any atom is -0.426 e. The van der Waals surface area contributed by atoms with Crippen molar-refractivity contribution in [2.24, 2.45) is 11.8 Å². The number of halogens is 1. The molecule has 27 heavy (non-hydrogen) atoms. The topological polar surface area (TPSA) is 60.4 Å². The second-order valence-corrected chi connectivity index (χ2v) is 8.07. The molecule has 4 rings (SSSR count). The monoisotopic (exact) mass is 426 g/mol. The predicted molar refractivity (Wildman–Crippen MR) is 104 cm³/mol. The average Bonchev–Trinajstić information content (AvgIpc) is 2.68. The van der Waals surface area contributed by atoms with E-state index in [0.717, 1.165) is 22.9 Å². The van der Waals surface area contributed by atoms with E-state index in [0.29, 0.717) is 24.2 Å². The van der Waals surface area contributed by atoms with Crippen molar-refractivity contribution < 1.29 is 19.1 Å². The van der Waals surface area contributed by atoms with Gasteiger partial charge in [0.1, 0.15) is 17.5 Å². The largest absolute Gasteiger partial charge is 0.426 e. The molecule has 2 aromatic rings. The van der Waals surface area contributed by atoms with Gasteiger partial charge >= 0.3 is 5.97 Å². The molecular formula is C22H19BrO4. The number of fused-ring (bicyclic) bond motifs is 1. The summed E-state index contributed by atoms with van der Waals surface area (Å²) < 4.78 is 6.34. The molecular weight excluding hydrogens is 408 g/mol. The van der Waals surface area contributed by atoms with Crippen LogP contribution in [0.15, 0.2) is 53.0 Å². The molecule has 5 heteroatoms. The molecule has 2 aliphatic rings. The van der Waals surface area contributed by atoms with Gasteiger partial charge in [-0.15, -0.1) is 0 Å². The number of ether oxygens (including phenoxy) is 1. The van der Waals surface area contributed by atoms with Crippen molar-refractivity contribution in [2.45, 2.75) is 31.6 Å². The number of ketones is 2. The average molecular weight is 427 g/mol. The van der Waals surface area contributed by atoms with Gasteiger partial charge in [0.2, 0.25) is 0 Å². The molecule has 0 amide bonds. The summed E-state index contributed by atoms with van der Waals surface area (Å²) in [4.78, 5) is 38.8. The van der Waals surface area contributed by atoms with Crippen molar-refractivity contribution in [1.29, 1.82) is 0 Å². The lowest BCUT2D eigenvalue weighted by atomic mass is 9.67. The molecule has 0 aromatic heterocycles. The van der Waals surface area contributed by atoms with Crippen LogP contribution in [-0.2, 0) is 9.59 Å². The highest BCUT2D eigenvalue weighted by molar-refractivity contribution is 9.10. The Kier molecular flexibility index (Phi) is 4.96. The number of hydrogen-bond acceptors (Lipinski definition) is 4. The zero-order chi connectivity index (χ0) is 19.0. The van der Waals surface area contributed by atoms with Gasteiger partial charge in [0.25, 0.3) is 0 Å². The normalized spacial score (nSPS) is 24.9. The predicted octanol–water partition coefficient (Wildman–Crippen LogP) is 4.71. The van der Waals surface area contributed by atoms with Crippen LogP contribution in [-0.4, -0.2) is 17.5 Å². The highest BCUT2D eigenvalue weighted by Gasteiger charge is 2.48. The fraction of sp³-hybridized carbons (Fsp3) is 0.318. The standard InChI is InChI=1S/C22H19BrO4/c23-14-10-11-18-16(12-14)19(15-8-4-5-9-17(15)24)20(22(26)27-18)21(25)13-6-2-1-3-7-13/h1-3,6-7,10-12,15,19-20H,4-5,8-9H2/t15-,19-,20-/m1/s1. The lowest BCUT2D eigenvalue weighted by Crippen LogP contribution is -2.43. The summed E-state index contributed by atoms with van der Waals surface area (Å²) in [7, 11) is 0. The van der Waals surface area contributed by atoms with Gasteiger partial charge in [0.15, 0.2) is 5.78 Å². The van der Waals surface area contributed by atoms with Crippen LogP contribution < -0.4 is 4.74 Å². The lowest BCUT2D eigenvalue weighted by molar-refractivity contribution is -0.140. The van der Waals surface area contributed by atoms with E-state index in [9.17, 15) is 14.4 Å². The van der Waals surface area contributed by atoms with Crippen molar-refractivity contribution >= 4 is 33.5 Å². The third-order valence-electron chi connectivity index (χ3n) is 5.53. The fourth-order valence-electron chi connectivity index (χ4n) is 4.26. The van der Waals surface area contributed by atoms with Crippen molar-refractivity contribution in [2.75, 3.05) is 0 Å². The smallest absolute Gasteiger partial charge is 0.322 e. The van der Waals surface area contributed by atoms with Gasteiger partial charge in [-0.25, -0.2) is 0 Å². The molecule has 0 saturated heterocycles. The Balaban J connectivity index is 1.83. The minimum absolute atomic E-state index is 0.137. The Morgan fingerprint density at radius 1 is 1.04 bits per heavy atom.